The number of rotatable bonds is 12. The summed E-state index contributed by atoms with van der Waals surface area (Å²) >= 11 is 0. The summed E-state index contributed by atoms with van der Waals surface area (Å²) in [5, 5.41) is 32.4. The fourth-order valence-electron chi connectivity index (χ4n) is 5.23. The Morgan fingerprint density at radius 1 is 0.478 bits per heavy atom. The molecule has 3 N–H and O–H groups in total. The first-order valence-corrected chi connectivity index (χ1v) is 16.2. The lowest BCUT2D eigenvalue weighted by molar-refractivity contribution is 0.298. The molecule has 0 heterocycles. The summed E-state index contributed by atoms with van der Waals surface area (Å²) in [5.41, 5.74) is 4.32. The quantitative estimate of drug-likeness (QED) is 0.180. The minimum Gasteiger partial charge on any atom is -0.507 e. The molecule has 248 valence electrons. The van der Waals surface area contributed by atoms with Crippen LogP contribution in [0.5, 0.6) is 17.2 Å². The van der Waals surface area contributed by atoms with E-state index < -0.39 is 0 Å². The number of benzene rings is 3. The first kappa shape index (κ1) is 36.5. The zero-order valence-corrected chi connectivity index (χ0v) is 29.3. The first-order chi connectivity index (χ1) is 21.5. The van der Waals surface area contributed by atoms with E-state index in [1.807, 2.05) is 54.6 Å². The smallest absolute Gasteiger partial charge is 0.128 e. The highest BCUT2D eigenvalue weighted by atomic mass is 16.3. The van der Waals surface area contributed by atoms with Gasteiger partial charge >= 0.3 is 0 Å². The van der Waals surface area contributed by atoms with Crippen LogP contribution in [0.3, 0.4) is 0 Å². The molecule has 0 spiro atoms. The SMILES string of the molecule is CC(C)(C)c1cccc(C=NCCN(CCN=Cc2cccc(C(C)(C)C)c2O)CCN=Cc2cccc(C(C)(C)C)c2O)c1O. The van der Waals surface area contributed by atoms with Gasteiger partial charge < -0.3 is 15.3 Å². The zero-order chi connectivity index (χ0) is 34.1. The fraction of sp³-hybridized carbons (Fsp3) is 0.462. The van der Waals surface area contributed by atoms with Crippen molar-refractivity contribution in [2.75, 3.05) is 39.3 Å². The molecule has 0 saturated heterocycles. The van der Waals surface area contributed by atoms with Crippen LogP contribution in [0.4, 0.5) is 0 Å². The minimum atomic E-state index is -0.165. The van der Waals surface area contributed by atoms with Crippen LogP contribution in [0.2, 0.25) is 0 Å². The van der Waals surface area contributed by atoms with E-state index in [0.29, 0.717) is 56.0 Å². The molecule has 0 radical (unpaired) electrons. The average molecular weight is 627 g/mol. The van der Waals surface area contributed by atoms with Gasteiger partial charge in [-0.2, -0.15) is 0 Å². The summed E-state index contributed by atoms with van der Waals surface area (Å²) in [6, 6.07) is 17.3. The van der Waals surface area contributed by atoms with Gasteiger partial charge in [-0.1, -0.05) is 98.7 Å². The summed E-state index contributed by atoms with van der Waals surface area (Å²) in [5.74, 6) is 0.825. The molecule has 0 aliphatic rings. The van der Waals surface area contributed by atoms with E-state index in [1.54, 1.807) is 18.6 Å². The van der Waals surface area contributed by atoms with Gasteiger partial charge in [0.15, 0.2) is 0 Å². The second-order valence-electron chi connectivity index (χ2n) is 14.9. The van der Waals surface area contributed by atoms with Crippen molar-refractivity contribution in [1.82, 2.24) is 4.90 Å². The molecule has 0 fully saturated rings. The normalized spacial score (nSPS) is 13.2. The summed E-state index contributed by atoms with van der Waals surface area (Å²) in [7, 11) is 0. The molecule has 0 aromatic heterocycles. The van der Waals surface area contributed by atoms with Crippen LogP contribution < -0.4 is 0 Å². The average Bonchev–Trinajstić information content (AvgIpc) is 2.95. The summed E-state index contributed by atoms with van der Waals surface area (Å²) in [6.45, 7) is 22.5. The first-order valence-electron chi connectivity index (χ1n) is 16.2. The lowest BCUT2D eigenvalue weighted by Gasteiger charge is -2.21. The summed E-state index contributed by atoms with van der Waals surface area (Å²) < 4.78 is 0. The van der Waals surface area contributed by atoms with E-state index in [1.165, 1.54) is 0 Å². The number of aromatic hydroxyl groups is 3. The molecule has 3 aromatic rings. The molecule has 3 rings (SSSR count). The molecule has 0 atom stereocenters. The van der Waals surface area contributed by atoms with Crippen LogP contribution in [-0.4, -0.2) is 78.1 Å². The predicted molar refractivity (Wildman–Crippen MR) is 194 cm³/mol. The predicted octanol–water partition coefficient (Wildman–Crippen LogP) is 7.66. The van der Waals surface area contributed by atoms with Gasteiger partial charge in [0, 0.05) is 55.0 Å². The van der Waals surface area contributed by atoms with Crippen LogP contribution in [0.25, 0.3) is 0 Å². The Kier molecular flexibility index (Phi) is 12.3. The lowest BCUT2D eigenvalue weighted by Crippen LogP contribution is -2.31. The maximum atomic E-state index is 10.8. The lowest BCUT2D eigenvalue weighted by atomic mass is 9.85. The number of hydrogen-bond donors (Lipinski definition) is 3. The highest BCUT2D eigenvalue weighted by molar-refractivity contribution is 5.85. The topological polar surface area (TPSA) is 101 Å². The van der Waals surface area contributed by atoms with E-state index in [9.17, 15) is 15.3 Å². The van der Waals surface area contributed by atoms with E-state index in [4.69, 9.17) is 0 Å². The number of aliphatic imine (C=N–C) groups is 3. The van der Waals surface area contributed by atoms with Gasteiger partial charge in [0.25, 0.3) is 0 Å². The molecule has 0 amide bonds. The van der Waals surface area contributed by atoms with Crippen molar-refractivity contribution in [3.05, 3.63) is 88.0 Å². The Balaban J connectivity index is 1.70. The molecule has 0 unspecified atom stereocenters. The van der Waals surface area contributed by atoms with E-state index in [-0.39, 0.29) is 33.5 Å². The molecule has 0 bridgehead atoms. The number of phenolic OH excluding ortho intramolecular Hbond substituents is 3. The maximum Gasteiger partial charge on any atom is 0.128 e. The van der Waals surface area contributed by atoms with E-state index in [2.05, 4.69) is 82.2 Å². The molecular formula is C39H54N4O3. The van der Waals surface area contributed by atoms with Crippen LogP contribution in [0.1, 0.15) is 95.7 Å². The molecule has 7 heteroatoms. The molecular weight excluding hydrogens is 572 g/mol. The summed E-state index contributed by atoms with van der Waals surface area (Å²) in [4.78, 5) is 16.2. The third kappa shape index (κ3) is 10.3. The Bertz CT molecular complexity index is 1350. The van der Waals surface area contributed by atoms with Gasteiger partial charge in [-0.15, -0.1) is 0 Å². The molecule has 0 saturated carbocycles. The third-order valence-electron chi connectivity index (χ3n) is 7.95. The van der Waals surface area contributed by atoms with Crippen molar-refractivity contribution in [2.45, 2.75) is 78.6 Å². The Labute approximate surface area is 276 Å². The van der Waals surface area contributed by atoms with Gasteiger partial charge in [0.05, 0.1) is 19.6 Å². The van der Waals surface area contributed by atoms with Crippen LogP contribution >= 0.6 is 0 Å². The monoisotopic (exact) mass is 626 g/mol. The van der Waals surface area contributed by atoms with Gasteiger partial charge in [-0.3, -0.25) is 19.9 Å². The second-order valence-corrected chi connectivity index (χ2v) is 14.9. The number of hydrogen-bond acceptors (Lipinski definition) is 7. The number of para-hydroxylation sites is 3. The van der Waals surface area contributed by atoms with Crippen LogP contribution in [0.15, 0.2) is 69.6 Å². The standard InChI is InChI=1S/C39H54N4O3/c1-37(2,3)31-16-10-13-28(34(31)44)25-40-19-22-43(23-20-41-26-29-14-11-17-32(35(29)45)38(4,5)6)24-21-42-27-30-15-12-18-33(36(30)46)39(7,8)9/h10-18,25-27,44-46H,19-24H2,1-9H3. The molecule has 7 nitrogen and oxygen atoms in total. The van der Waals surface area contributed by atoms with Crippen LogP contribution in [-0.2, 0) is 16.2 Å². The van der Waals surface area contributed by atoms with Gasteiger partial charge in [0.2, 0.25) is 0 Å². The Hall–Kier alpha value is -3.97. The maximum absolute atomic E-state index is 10.8. The van der Waals surface area contributed by atoms with Crippen molar-refractivity contribution in [3.63, 3.8) is 0 Å². The number of nitrogens with zero attached hydrogens (tertiary/aromatic N) is 4. The van der Waals surface area contributed by atoms with Crippen molar-refractivity contribution in [2.24, 2.45) is 15.0 Å². The second kappa shape index (κ2) is 15.5. The van der Waals surface area contributed by atoms with Crippen molar-refractivity contribution < 1.29 is 15.3 Å². The van der Waals surface area contributed by atoms with Crippen molar-refractivity contribution in [1.29, 1.82) is 0 Å². The van der Waals surface area contributed by atoms with E-state index >= 15 is 0 Å². The third-order valence-corrected chi connectivity index (χ3v) is 7.95. The van der Waals surface area contributed by atoms with E-state index in [0.717, 1.165) is 16.7 Å². The summed E-state index contributed by atoms with van der Waals surface area (Å²) in [6.07, 6.45) is 5.24. The Morgan fingerprint density at radius 3 is 0.978 bits per heavy atom. The molecule has 0 aliphatic heterocycles. The van der Waals surface area contributed by atoms with Crippen molar-refractivity contribution >= 4 is 18.6 Å². The van der Waals surface area contributed by atoms with Gasteiger partial charge in [-0.05, 0) is 51.1 Å². The van der Waals surface area contributed by atoms with Crippen LogP contribution in [0, 0.1) is 0 Å². The number of phenols is 3. The molecule has 46 heavy (non-hydrogen) atoms. The molecule has 3 aromatic carbocycles. The fourth-order valence-corrected chi connectivity index (χ4v) is 5.23. The highest BCUT2D eigenvalue weighted by Crippen LogP contribution is 2.34. The largest absolute Gasteiger partial charge is 0.507 e. The zero-order valence-electron chi connectivity index (χ0n) is 29.3. The van der Waals surface area contributed by atoms with Gasteiger partial charge in [0.1, 0.15) is 17.2 Å². The van der Waals surface area contributed by atoms with Crippen molar-refractivity contribution in [3.8, 4) is 17.2 Å². The highest BCUT2D eigenvalue weighted by Gasteiger charge is 2.21. The van der Waals surface area contributed by atoms with Gasteiger partial charge in [-0.25, -0.2) is 0 Å². The Morgan fingerprint density at radius 2 is 0.739 bits per heavy atom. The molecule has 0 aliphatic carbocycles. The minimum absolute atomic E-state index is 0.165.